The summed E-state index contributed by atoms with van der Waals surface area (Å²) in [4.78, 5) is 13.1. The number of amides is 1. The third-order valence-electron chi connectivity index (χ3n) is 4.66. The molecule has 1 N–H and O–H groups in total. The monoisotopic (exact) mass is 405 g/mol. The smallest absolute Gasteiger partial charge is 0.252 e. The number of nitrogens with one attached hydrogen (secondary N) is 1. The van der Waals surface area contributed by atoms with Gasteiger partial charge in [-0.3, -0.25) is 4.79 Å². The zero-order valence-corrected chi connectivity index (χ0v) is 16.5. The molecule has 0 radical (unpaired) electrons. The van der Waals surface area contributed by atoms with Crippen molar-refractivity contribution in [2.75, 3.05) is 6.26 Å². The minimum atomic E-state index is -3.41. The number of rotatable bonds is 5. The van der Waals surface area contributed by atoms with E-state index < -0.39 is 15.9 Å². The molecule has 0 bridgehead atoms. The van der Waals surface area contributed by atoms with Gasteiger partial charge in [-0.25, -0.2) is 8.42 Å². The molecule has 0 saturated heterocycles. The standard InChI is InChI=1S/C23H19NO4S/c1-29(26,27)19-12-7-11-18(14-19)23(25)24-22(16-8-3-2-4-9-16)21-15-17-10-5-6-13-20(17)28-21/h2-15,22H,1H3,(H,24,25). The van der Waals surface area contributed by atoms with Crippen LogP contribution in [0.3, 0.4) is 0 Å². The van der Waals surface area contributed by atoms with Gasteiger partial charge in [0, 0.05) is 17.2 Å². The molecular weight excluding hydrogens is 386 g/mol. The molecule has 1 aromatic heterocycles. The van der Waals surface area contributed by atoms with Crippen LogP contribution in [0.15, 0.2) is 94.2 Å². The Kier molecular flexibility index (Phi) is 4.94. The first kappa shape index (κ1) is 19.0. The minimum absolute atomic E-state index is 0.102. The highest BCUT2D eigenvalue weighted by atomic mass is 32.2. The number of hydrogen-bond donors (Lipinski definition) is 1. The zero-order valence-electron chi connectivity index (χ0n) is 15.7. The second kappa shape index (κ2) is 7.56. The maximum Gasteiger partial charge on any atom is 0.252 e. The molecule has 6 heteroatoms. The van der Waals surface area contributed by atoms with Gasteiger partial charge in [-0.2, -0.15) is 0 Å². The van der Waals surface area contributed by atoms with E-state index in [0.717, 1.165) is 22.8 Å². The predicted octanol–water partition coefficient (Wildman–Crippen LogP) is 4.36. The van der Waals surface area contributed by atoms with Crippen molar-refractivity contribution in [1.82, 2.24) is 5.32 Å². The van der Waals surface area contributed by atoms with Crippen molar-refractivity contribution in [1.29, 1.82) is 0 Å². The fourth-order valence-corrected chi connectivity index (χ4v) is 3.86. The Morgan fingerprint density at radius 2 is 1.62 bits per heavy atom. The summed E-state index contributed by atoms with van der Waals surface area (Å²) in [5, 5.41) is 3.92. The highest BCUT2D eigenvalue weighted by molar-refractivity contribution is 7.90. The topological polar surface area (TPSA) is 76.4 Å². The van der Waals surface area contributed by atoms with E-state index in [4.69, 9.17) is 4.42 Å². The number of hydrogen-bond acceptors (Lipinski definition) is 4. The normalized spacial score (nSPS) is 12.6. The highest BCUT2D eigenvalue weighted by Crippen LogP contribution is 2.28. The second-order valence-corrected chi connectivity index (χ2v) is 8.82. The molecule has 4 rings (SSSR count). The van der Waals surface area contributed by atoms with Crippen molar-refractivity contribution < 1.29 is 17.6 Å². The van der Waals surface area contributed by atoms with Gasteiger partial charge >= 0.3 is 0 Å². The quantitative estimate of drug-likeness (QED) is 0.535. The number of fused-ring (bicyclic) bond motifs is 1. The first-order valence-corrected chi connectivity index (χ1v) is 11.0. The van der Waals surface area contributed by atoms with E-state index in [1.54, 1.807) is 12.1 Å². The summed E-state index contributed by atoms with van der Waals surface area (Å²) in [6, 6.07) is 24.5. The summed E-state index contributed by atoms with van der Waals surface area (Å²) in [6.45, 7) is 0. The number of benzene rings is 3. The van der Waals surface area contributed by atoms with Crippen molar-refractivity contribution in [3.05, 3.63) is 102 Å². The summed E-state index contributed by atoms with van der Waals surface area (Å²) >= 11 is 0. The Balaban J connectivity index is 1.72. The number of carbonyl (C=O) groups excluding carboxylic acids is 1. The van der Waals surface area contributed by atoms with Crippen LogP contribution < -0.4 is 5.32 Å². The molecule has 1 atom stereocenters. The Morgan fingerprint density at radius 1 is 0.897 bits per heavy atom. The molecule has 0 saturated carbocycles. The van der Waals surface area contributed by atoms with Crippen molar-refractivity contribution in [3.8, 4) is 0 Å². The molecule has 1 amide bonds. The Bertz CT molecular complexity index is 1240. The third-order valence-corrected chi connectivity index (χ3v) is 5.77. The van der Waals surface area contributed by atoms with Crippen LogP contribution in [0, 0.1) is 0 Å². The highest BCUT2D eigenvalue weighted by Gasteiger charge is 2.22. The first-order valence-electron chi connectivity index (χ1n) is 9.06. The summed E-state index contributed by atoms with van der Waals surface area (Å²) in [5.74, 6) is 0.217. The summed E-state index contributed by atoms with van der Waals surface area (Å²) < 4.78 is 29.6. The average molecular weight is 405 g/mol. The Morgan fingerprint density at radius 3 is 2.34 bits per heavy atom. The summed E-state index contributed by atoms with van der Waals surface area (Å²) in [6.07, 6.45) is 1.12. The predicted molar refractivity (Wildman–Crippen MR) is 112 cm³/mol. The van der Waals surface area contributed by atoms with Crippen molar-refractivity contribution in [2.45, 2.75) is 10.9 Å². The SMILES string of the molecule is CS(=O)(=O)c1cccc(C(=O)NC(c2ccccc2)c2cc3ccccc3o2)c1. The van der Waals surface area contributed by atoms with Gasteiger partial charge < -0.3 is 9.73 Å². The van der Waals surface area contributed by atoms with Gasteiger partial charge in [0.1, 0.15) is 17.4 Å². The number of carbonyl (C=O) groups is 1. The maximum atomic E-state index is 12.9. The third kappa shape index (κ3) is 4.07. The van der Waals surface area contributed by atoms with Gasteiger partial charge in [-0.05, 0) is 35.9 Å². The van der Waals surface area contributed by atoms with Gasteiger partial charge in [-0.1, -0.05) is 54.6 Å². The van der Waals surface area contributed by atoms with Crippen molar-refractivity contribution >= 4 is 26.7 Å². The minimum Gasteiger partial charge on any atom is -0.459 e. The average Bonchev–Trinajstić information content (AvgIpc) is 3.16. The van der Waals surface area contributed by atoms with E-state index in [0.29, 0.717) is 5.76 Å². The van der Waals surface area contributed by atoms with Crippen LogP contribution in [0.2, 0.25) is 0 Å². The van der Waals surface area contributed by atoms with E-state index in [9.17, 15) is 13.2 Å². The number of furan rings is 1. The Labute approximate surface area is 168 Å². The van der Waals surface area contributed by atoms with E-state index >= 15 is 0 Å². The van der Waals surface area contributed by atoms with Gasteiger partial charge in [-0.15, -0.1) is 0 Å². The first-order chi connectivity index (χ1) is 13.9. The molecule has 0 fully saturated rings. The fraction of sp³-hybridized carbons (Fsp3) is 0.0870. The van der Waals surface area contributed by atoms with Crippen LogP contribution in [0.5, 0.6) is 0 Å². The van der Waals surface area contributed by atoms with Crippen LogP contribution in [-0.4, -0.2) is 20.6 Å². The Hall–Kier alpha value is -3.38. The lowest BCUT2D eigenvalue weighted by Gasteiger charge is -2.17. The number of sulfone groups is 1. The molecule has 146 valence electrons. The molecule has 0 spiro atoms. The van der Waals surface area contributed by atoms with Crippen molar-refractivity contribution in [2.24, 2.45) is 0 Å². The molecule has 0 aliphatic carbocycles. The van der Waals surface area contributed by atoms with Crippen molar-refractivity contribution in [3.63, 3.8) is 0 Å². The molecule has 4 aromatic rings. The molecule has 29 heavy (non-hydrogen) atoms. The maximum absolute atomic E-state index is 12.9. The van der Waals surface area contributed by atoms with E-state index in [1.165, 1.54) is 12.1 Å². The second-order valence-electron chi connectivity index (χ2n) is 6.80. The molecule has 1 unspecified atom stereocenters. The molecule has 3 aromatic carbocycles. The molecule has 0 aliphatic heterocycles. The van der Waals surface area contributed by atoms with Gasteiger partial charge in [0.15, 0.2) is 9.84 Å². The summed E-state index contributed by atoms with van der Waals surface area (Å²) in [7, 11) is -3.41. The lowest BCUT2D eigenvalue weighted by molar-refractivity contribution is 0.0939. The van der Waals surface area contributed by atoms with Crippen LogP contribution >= 0.6 is 0 Å². The number of para-hydroxylation sites is 1. The van der Waals surface area contributed by atoms with Crippen LogP contribution in [0.4, 0.5) is 0 Å². The lowest BCUT2D eigenvalue weighted by Crippen LogP contribution is -2.29. The fourth-order valence-electron chi connectivity index (χ4n) is 3.19. The molecular formula is C23H19NO4S. The largest absolute Gasteiger partial charge is 0.459 e. The van der Waals surface area contributed by atoms with Gasteiger partial charge in [0.25, 0.3) is 5.91 Å². The van der Waals surface area contributed by atoms with Crippen LogP contribution in [0.25, 0.3) is 11.0 Å². The van der Waals surface area contributed by atoms with Gasteiger partial charge in [0.2, 0.25) is 0 Å². The zero-order chi connectivity index (χ0) is 20.4. The van der Waals surface area contributed by atoms with E-state index in [1.807, 2.05) is 60.7 Å². The van der Waals surface area contributed by atoms with E-state index in [2.05, 4.69) is 5.32 Å². The van der Waals surface area contributed by atoms with Gasteiger partial charge in [0.05, 0.1) is 4.90 Å². The van der Waals surface area contributed by atoms with Crippen LogP contribution in [0.1, 0.15) is 27.7 Å². The van der Waals surface area contributed by atoms with E-state index in [-0.39, 0.29) is 16.4 Å². The lowest BCUT2D eigenvalue weighted by atomic mass is 10.0. The molecule has 5 nitrogen and oxygen atoms in total. The molecule has 0 aliphatic rings. The molecule has 1 heterocycles. The van der Waals surface area contributed by atoms with Crippen LogP contribution in [-0.2, 0) is 9.84 Å². The summed E-state index contributed by atoms with van der Waals surface area (Å²) in [5.41, 5.74) is 1.86.